The minimum absolute atomic E-state index is 0.174. The molecular formula is C20H25N3O7. The van der Waals surface area contributed by atoms with Gasteiger partial charge in [-0.2, -0.15) is 0 Å². The van der Waals surface area contributed by atoms with Crippen molar-refractivity contribution in [2.75, 3.05) is 32.8 Å². The molecule has 3 rings (SSSR count). The molecule has 1 aromatic carbocycles. The third kappa shape index (κ3) is 5.00. The van der Waals surface area contributed by atoms with Crippen molar-refractivity contribution in [1.82, 2.24) is 15.1 Å². The number of carbonyl (C=O) groups excluding carboxylic acids is 2. The van der Waals surface area contributed by atoms with Crippen LogP contribution in [0.25, 0.3) is 0 Å². The van der Waals surface area contributed by atoms with E-state index in [0.717, 1.165) is 0 Å². The van der Waals surface area contributed by atoms with Crippen molar-refractivity contribution in [3.05, 3.63) is 30.3 Å². The highest BCUT2D eigenvalue weighted by molar-refractivity contribution is 5.88. The largest absolute Gasteiger partial charge is 0.494 e. The van der Waals surface area contributed by atoms with Gasteiger partial charge in [-0.15, -0.1) is 0 Å². The number of amides is 3. The van der Waals surface area contributed by atoms with Gasteiger partial charge < -0.3 is 30.1 Å². The van der Waals surface area contributed by atoms with E-state index in [1.165, 1.54) is 9.80 Å². The SMILES string of the molecule is O=C(CCCOc1ccccc1)NCC(=O)N1CC2(C[C@H]1C(=O)O)CN(C(=O)O)C2. The van der Waals surface area contributed by atoms with Crippen LogP contribution in [0, 0.1) is 5.41 Å². The summed E-state index contributed by atoms with van der Waals surface area (Å²) in [5.41, 5.74) is -0.518. The summed E-state index contributed by atoms with van der Waals surface area (Å²) in [5, 5.41) is 21.0. The zero-order chi connectivity index (χ0) is 21.7. The molecule has 2 saturated heterocycles. The number of hydrogen-bond acceptors (Lipinski definition) is 5. The Hall–Kier alpha value is -3.30. The van der Waals surface area contributed by atoms with Gasteiger partial charge in [-0.25, -0.2) is 9.59 Å². The molecule has 2 aliphatic heterocycles. The van der Waals surface area contributed by atoms with Gasteiger partial charge in [-0.3, -0.25) is 9.59 Å². The van der Waals surface area contributed by atoms with Crippen LogP contribution in [0.5, 0.6) is 5.75 Å². The minimum Gasteiger partial charge on any atom is -0.494 e. The van der Waals surface area contributed by atoms with Crippen LogP contribution in [0.15, 0.2) is 30.3 Å². The molecular weight excluding hydrogens is 394 g/mol. The lowest BCUT2D eigenvalue weighted by atomic mass is 9.78. The molecule has 0 saturated carbocycles. The molecule has 30 heavy (non-hydrogen) atoms. The molecule has 3 amide bonds. The number of benzene rings is 1. The molecule has 0 aliphatic carbocycles. The Balaban J connectivity index is 1.41. The van der Waals surface area contributed by atoms with E-state index < -0.39 is 29.4 Å². The molecule has 10 nitrogen and oxygen atoms in total. The number of nitrogens with one attached hydrogen (secondary N) is 1. The van der Waals surface area contributed by atoms with E-state index in [4.69, 9.17) is 9.84 Å². The fourth-order valence-corrected chi connectivity index (χ4v) is 3.97. The summed E-state index contributed by atoms with van der Waals surface area (Å²) in [5.74, 6) is -1.21. The highest BCUT2D eigenvalue weighted by Gasteiger charge is 2.55. The maximum absolute atomic E-state index is 12.5. The summed E-state index contributed by atoms with van der Waals surface area (Å²) in [6.07, 6.45) is -0.187. The third-order valence-corrected chi connectivity index (χ3v) is 5.43. The Morgan fingerprint density at radius 2 is 1.80 bits per heavy atom. The molecule has 2 heterocycles. The highest BCUT2D eigenvalue weighted by Crippen LogP contribution is 2.42. The van der Waals surface area contributed by atoms with Gasteiger partial charge in [0.15, 0.2) is 0 Å². The summed E-state index contributed by atoms with van der Waals surface area (Å²) in [7, 11) is 0. The lowest BCUT2D eigenvalue weighted by Gasteiger charge is -2.46. The van der Waals surface area contributed by atoms with Crippen molar-refractivity contribution in [3.8, 4) is 5.75 Å². The Kier molecular flexibility index (Phi) is 6.43. The first-order valence-electron chi connectivity index (χ1n) is 9.74. The number of para-hydroxylation sites is 1. The smallest absolute Gasteiger partial charge is 0.407 e. The second-order valence-electron chi connectivity index (χ2n) is 7.76. The molecule has 1 spiro atoms. The van der Waals surface area contributed by atoms with Crippen LogP contribution in [0.3, 0.4) is 0 Å². The van der Waals surface area contributed by atoms with Crippen molar-refractivity contribution >= 4 is 23.9 Å². The van der Waals surface area contributed by atoms with E-state index >= 15 is 0 Å². The van der Waals surface area contributed by atoms with E-state index in [-0.39, 0.29) is 44.9 Å². The molecule has 10 heteroatoms. The summed E-state index contributed by atoms with van der Waals surface area (Å²) in [6.45, 7) is 0.669. The zero-order valence-corrected chi connectivity index (χ0v) is 16.5. The zero-order valence-electron chi connectivity index (χ0n) is 16.5. The van der Waals surface area contributed by atoms with Crippen LogP contribution in [-0.2, 0) is 14.4 Å². The number of carboxylic acid groups (broad SMARTS) is 2. The minimum atomic E-state index is -1.13. The van der Waals surface area contributed by atoms with Crippen LogP contribution in [0.2, 0.25) is 0 Å². The summed E-state index contributed by atoms with van der Waals surface area (Å²) in [4.78, 5) is 49.5. The molecule has 1 aromatic rings. The maximum Gasteiger partial charge on any atom is 0.407 e. The summed E-state index contributed by atoms with van der Waals surface area (Å²) >= 11 is 0. The van der Waals surface area contributed by atoms with Gasteiger partial charge in [-0.1, -0.05) is 18.2 Å². The number of rotatable bonds is 8. The molecule has 0 radical (unpaired) electrons. The monoisotopic (exact) mass is 419 g/mol. The van der Waals surface area contributed by atoms with Crippen molar-refractivity contribution in [2.45, 2.75) is 25.3 Å². The van der Waals surface area contributed by atoms with Crippen LogP contribution < -0.4 is 10.1 Å². The maximum atomic E-state index is 12.5. The second kappa shape index (κ2) is 9.02. The van der Waals surface area contributed by atoms with Crippen LogP contribution in [0.1, 0.15) is 19.3 Å². The van der Waals surface area contributed by atoms with Crippen molar-refractivity contribution in [3.63, 3.8) is 0 Å². The van der Waals surface area contributed by atoms with Gasteiger partial charge in [0, 0.05) is 31.5 Å². The average Bonchev–Trinajstić information content (AvgIpc) is 3.11. The Morgan fingerprint density at radius 3 is 2.43 bits per heavy atom. The molecule has 2 aliphatic rings. The Labute approximate surface area is 173 Å². The second-order valence-corrected chi connectivity index (χ2v) is 7.76. The van der Waals surface area contributed by atoms with Crippen molar-refractivity contribution in [1.29, 1.82) is 0 Å². The first-order chi connectivity index (χ1) is 14.3. The number of carboxylic acids is 1. The highest BCUT2D eigenvalue weighted by atomic mass is 16.5. The van der Waals surface area contributed by atoms with Gasteiger partial charge in [0.2, 0.25) is 11.8 Å². The van der Waals surface area contributed by atoms with E-state index in [9.17, 15) is 24.3 Å². The number of nitrogens with zero attached hydrogens (tertiary/aromatic N) is 2. The van der Waals surface area contributed by atoms with Gasteiger partial charge in [0.25, 0.3) is 0 Å². The summed E-state index contributed by atoms with van der Waals surface area (Å²) in [6, 6.07) is 8.20. The van der Waals surface area contributed by atoms with Gasteiger partial charge >= 0.3 is 12.1 Å². The Bertz CT molecular complexity index is 808. The molecule has 3 N–H and O–H groups in total. The molecule has 2 fully saturated rings. The lowest BCUT2D eigenvalue weighted by molar-refractivity contribution is -0.148. The van der Waals surface area contributed by atoms with E-state index in [0.29, 0.717) is 18.8 Å². The van der Waals surface area contributed by atoms with Crippen LogP contribution in [-0.4, -0.2) is 82.7 Å². The third-order valence-electron chi connectivity index (χ3n) is 5.43. The predicted molar refractivity (Wildman–Crippen MR) is 104 cm³/mol. The van der Waals surface area contributed by atoms with Gasteiger partial charge in [0.05, 0.1) is 13.2 Å². The normalized spacial score (nSPS) is 19.3. The molecule has 0 bridgehead atoms. The fraction of sp³-hybridized carbons (Fsp3) is 0.500. The lowest BCUT2D eigenvalue weighted by Crippen LogP contribution is -2.59. The quantitative estimate of drug-likeness (QED) is 0.526. The van der Waals surface area contributed by atoms with Crippen molar-refractivity contribution in [2.24, 2.45) is 5.41 Å². The van der Waals surface area contributed by atoms with E-state index in [2.05, 4.69) is 5.32 Å². The first kappa shape index (κ1) is 21.4. The van der Waals surface area contributed by atoms with Gasteiger partial charge in [0.1, 0.15) is 11.8 Å². The van der Waals surface area contributed by atoms with Crippen molar-refractivity contribution < 1.29 is 34.1 Å². The topological polar surface area (TPSA) is 136 Å². The predicted octanol–water partition coefficient (Wildman–Crippen LogP) is 0.627. The van der Waals surface area contributed by atoms with E-state index in [1.54, 1.807) is 0 Å². The number of ether oxygens (including phenoxy) is 1. The Morgan fingerprint density at radius 1 is 1.10 bits per heavy atom. The fourth-order valence-electron chi connectivity index (χ4n) is 3.97. The number of aliphatic carboxylic acids is 1. The van der Waals surface area contributed by atoms with Crippen LogP contribution >= 0.6 is 0 Å². The van der Waals surface area contributed by atoms with Gasteiger partial charge in [-0.05, 0) is 25.0 Å². The average molecular weight is 419 g/mol. The number of likely N-dealkylation sites (tertiary alicyclic amines) is 2. The molecule has 162 valence electrons. The number of hydrogen-bond donors (Lipinski definition) is 3. The number of carbonyl (C=O) groups is 4. The first-order valence-corrected chi connectivity index (χ1v) is 9.74. The molecule has 0 unspecified atom stereocenters. The summed E-state index contributed by atoms with van der Waals surface area (Å²) < 4.78 is 5.50. The van der Waals surface area contributed by atoms with Crippen LogP contribution in [0.4, 0.5) is 4.79 Å². The molecule has 0 aromatic heterocycles. The standard InChI is InChI=1S/C20H25N3O7/c24-16(7-4-8-30-14-5-2-1-3-6-14)21-10-17(25)23-13-20(9-15(23)18(26)27)11-22(12-20)19(28)29/h1-3,5-6,15H,4,7-13H2,(H,21,24)(H,26,27)(H,28,29)/t15-/m0/s1. The molecule has 1 atom stereocenters. The van der Waals surface area contributed by atoms with E-state index in [1.807, 2.05) is 30.3 Å².